The lowest BCUT2D eigenvalue weighted by Crippen LogP contribution is -2.34. The minimum Gasteiger partial charge on any atom is -0.488 e. The Kier molecular flexibility index (Phi) is 4.34. The Morgan fingerprint density at radius 3 is 2.86 bits per heavy atom. The third-order valence-electron chi connectivity index (χ3n) is 3.46. The molecule has 2 atom stereocenters. The molecule has 1 heterocycles. The van der Waals surface area contributed by atoms with Gasteiger partial charge in [0, 0.05) is 23.4 Å². The molecule has 0 fully saturated rings. The molecule has 1 aliphatic heterocycles. The first-order valence-corrected chi connectivity index (χ1v) is 7.93. The second-order valence-corrected chi connectivity index (χ2v) is 6.46. The molecule has 7 heteroatoms. The van der Waals surface area contributed by atoms with Gasteiger partial charge in [0.15, 0.2) is 0 Å². The van der Waals surface area contributed by atoms with E-state index >= 15 is 0 Å². The van der Waals surface area contributed by atoms with Crippen LogP contribution in [-0.4, -0.2) is 34.1 Å². The number of sulfonamides is 1. The molecule has 1 aliphatic rings. The number of esters is 1. The molecule has 1 N–H and O–H groups in total. The predicted octanol–water partition coefficient (Wildman–Crippen LogP) is 1.40. The van der Waals surface area contributed by atoms with Crippen LogP contribution < -0.4 is 9.46 Å². The van der Waals surface area contributed by atoms with E-state index in [1.807, 2.05) is 6.92 Å². The van der Waals surface area contributed by atoms with Crippen LogP contribution in [0.15, 0.2) is 30.2 Å². The van der Waals surface area contributed by atoms with Crippen molar-refractivity contribution in [1.29, 1.82) is 0 Å². The lowest BCUT2D eigenvalue weighted by Gasteiger charge is -2.15. The minimum absolute atomic E-state index is 0.0443. The molecule has 0 saturated carbocycles. The van der Waals surface area contributed by atoms with Gasteiger partial charge in [-0.25, -0.2) is 17.9 Å². The van der Waals surface area contributed by atoms with E-state index in [9.17, 15) is 13.2 Å². The van der Waals surface area contributed by atoms with Crippen LogP contribution in [0.1, 0.15) is 28.8 Å². The van der Waals surface area contributed by atoms with Crippen molar-refractivity contribution in [1.82, 2.24) is 4.72 Å². The van der Waals surface area contributed by atoms with E-state index in [1.54, 1.807) is 18.2 Å². The molecule has 0 aromatic heterocycles. The number of carbonyl (C=O) groups is 1. The number of hydrogen-bond donors (Lipinski definition) is 1. The first-order valence-electron chi connectivity index (χ1n) is 6.39. The Morgan fingerprint density at radius 2 is 2.24 bits per heavy atom. The highest BCUT2D eigenvalue weighted by Gasteiger charge is 2.32. The Labute approximate surface area is 123 Å². The molecule has 2 rings (SSSR count). The molecule has 21 heavy (non-hydrogen) atoms. The number of rotatable bonds is 5. The summed E-state index contributed by atoms with van der Waals surface area (Å²) in [4.78, 5) is 11.5. The standard InChI is InChI=1S/C14H17NO5S/c1-4-21(17,18)15-8-13-9(2)11-7-10(14(16)19-3)5-6-12(11)20-13/h4-7,9,13,15H,1,8H2,2-3H3/t9-,13-/m0/s1. The highest BCUT2D eigenvalue weighted by Crippen LogP contribution is 2.38. The zero-order chi connectivity index (χ0) is 15.6. The summed E-state index contributed by atoms with van der Waals surface area (Å²) in [6, 6.07) is 5.03. The van der Waals surface area contributed by atoms with Crippen LogP contribution in [0, 0.1) is 0 Å². The summed E-state index contributed by atoms with van der Waals surface area (Å²) in [7, 11) is -2.16. The summed E-state index contributed by atoms with van der Waals surface area (Å²) in [5.41, 5.74) is 1.31. The van der Waals surface area contributed by atoms with Crippen molar-refractivity contribution < 1.29 is 22.7 Å². The number of ether oxygens (including phenoxy) is 2. The van der Waals surface area contributed by atoms with Crippen molar-refractivity contribution >= 4 is 16.0 Å². The number of benzene rings is 1. The Balaban J connectivity index is 2.15. The van der Waals surface area contributed by atoms with Crippen LogP contribution in [0.4, 0.5) is 0 Å². The second-order valence-electron chi connectivity index (χ2n) is 4.75. The first kappa shape index (κ1) is 15.5. The molecule has 0 bridgehead atoms. The molecular formula is C14H17NO5S. The summed E-state index contributed by atoms with van der Waals surface area (Å²) in [5.74, 6) is 0.191. The van der Waals surface area contributed by atoms with Crippen molar-refractivity contribution in [3.05, 3.63) is 41.3 Å². The quantitative estimate of drug-likeness (QED) is 0.831. The van der Waals surface area contributed by atoms with Crippen LogP contribution in [0.5, 0.6) is 5.75 Å². The number of methoxy groups -OCH3 is 1. The van der Waals surface area contributed by atoms with Gasteiger partial charge in [0.2, 0.25) is 10.0 Å². The van der Waals surface area contributed by atoms with Crippen molar-refractivity contribution in [3.8, 4) is 5.75 Å². The van der Waals surface area contributed by atoms with Gasteiger partial charge in [-0.15, -0.1) is 0 Å². The van der Waals surface area contributed by atoms with Gasteiger partial charge in [0.25, 0.3) is 0 Å². The first-order chi connectivity index (χ1) is 9.88. The van der Waals surface area contributed by atoms with Gasteiger partial charge >= 0.3 is 5.97 Å². The minimum atomic E-state index is -3.48. The SMILES string of the molecule is C=CS(=O)(=O)NC[C@@H]1Oc2ccc(C(=O)OC)cc2[C@@H]1C. The molecule has 0 spiro atoms. The number of hydrogen-bond acceptors (Lipinski definition) is 5. The fourth-order valence-electron chi connectivity index (χ4n) is 2.20. The van der Waals surface area contributed by atoms with Gasteiger partial charge in [-0.05, 0) is 18.2 Å². The highest BCUT2D eigenvalue weighted by atomic mass is 32.2. The van der Waals surface area contributed by atoms with Crippen LogP contribution in [0.3, 0.4) is 0 Å². The Bertz CT molecular complexity index is 668. The van der Waals surface area contributed by atoms with Crippen molar-refractivity contribution in [3.63, 3.8) is 0 Å². The summed E-state index contributed by atoms with van der Waals surface area (Å²) in [6.45, 7) is 5.29. The van der Waals surface area contributed by atoms with Gasteiger partial charge in [-0.3, -0.25) is 0 Å². The molecule has 0 radical (unpaired) electrons. The van der Waals surface area contributed by atoms with Gasteiger partial charge in [-0.2, -0.15) is 0 Å². The van der Waals surface area contributed by atoms with E-state index in [4.69, 9.17) is 4.74 Å². The molecule has 114 valence electrons. The largest absolute Gasteiger partial charge is 0.488 e. The molecule has 0 unspecified atom stereocenters. The van der Waals surface area contributed by atoms with Gasteiger partial charge in [0.05, 0.1) is 12.7 Å². The maximum atomic E-state index is 11.5. The molecular weight excluding hydrogens is 294 g/mol. The topological polar surface area (TPSA) is 81.7 Å². The fourth-order valence-corrected chi connectivity index (χ4v) is 2.71. The van der Waals surface area contributed by atoms with Crippen molar-refractivity contribution in [2.24, 2.45) is 0 Å². The van der Waals surface area contributed by atoms with E-state index in [0.29, 0.717) is 11.3 Å². The summed E-state index contributed by atoms with van der Waals surface area (Å²) in [5, 5.41) is 0.856. The van der Waals surface area contributed by atoms with Gasteiger partial charge in [0.1, 0.15) is 11.9 Å². The van der Waals surface area contributed by atoms with E-state index in [0.717, 1.165) is 11.0 Å². The zero-order valence-electron chi connectivity index (χ0n) is 11.8. The van der Waals surface area contributed by atoms with Crippen LogP contribution in [-0.2, 0) is 14.8 Å². The Hall–Kier alpha value is -1.86. The van der Waals surface area contributed by atoms with E-state index in [-0.39, 0.29) is 18.6 Å². The maximum Gasteiger partial charge on any atom is 0.337 e. The van der Waals surface area contributed by atoms with E-state index in [2.05, 4.69) is 16.0 Å². The molecule has 6 nitrogen and oxygen atoms in total. The summed E-state index contributed by atoms with van der Waals surface area (Å²) in [6.07, 6.45) is -0.331. The van der Waals surface area contributed by atoms with Gasteiger partial charge in [-0.1, -0.05) is 13.5 Å². The zero-order valence-corrected chi connectivity index (χ0v) is 12.6. The number of fused-ring (bicyclic) bond motifs is 1. The van der Waals surface area contributed by atoms with E-state index < -0.39 is 16.0 Å². The van der Waals surface area contributed by atoms with Crippen LogP contribution >= 0.6 is 0 Å². The molecule has 0 aliphatic carbocycles. The lowest BCUT2D eigenvalue weighted by molar-refractivity contribution is 0.0600. The second kappa shape index (κ2) is 5.87. The van der Waals surface area contributed by atoms with Crippen molar-refractivity contribution in [2.45, 2.75) is 18.9 Å². The van der Waals surface area contributed by atoms with Crippen LogP contribution in [0.2, 0.25) is 0 Å². The average Bonchev–Trinajstić information content (AvgIpc) is 2.80. The normalized spacial score (nSPS) is 20.5. The smallest absolute Gasteiger partial charge is 0.337 e. The molecule has 0 amide bonds. The third-order valence-corrected chi connectivity index (χ3v) is 4.47. The van der Waals surface area contributed by atoms with E-state index in [1.165, 1.54) is 7.11 Å². The van der Waals surface area contributed by atoms with Crippen LogP contribution in [0.25, 0.3) is 0 Å². The number of carbonyl (C=O) groups excluding carboxylic acids is 1. The predicted molar refractivity (Wildman–Crippen MR) is 77.7 cm³/mol. The maximum absolute atomic E-state index is 11.5. The highest BCUT2D eigenvalue weighted by molar-refractivity contribution is 7.92. The molecule has 1 aromatic rings. The van der Waals surface area contributed by atoms with Gasteiger partial charge < -0.3 is 9.47 Å². The van der Waals surface area contributed by atoms with Crippen molar-refractivity contribution in [2.75, 3.05) is 13.7 Å². The number of nitrogens with one attached hydrogen (secondary N) is 1. The molecule has 0 saturated heterocycles. The third kappa shape index (κ3) is 3.25. The Morgan fingerprint density at radius 1 is 1.52 bits per heavy atom. The monoisotopic (exact) mass is 311 g/mol. The summed E-state index contributed by atoms with van der Waals surface area (Å²) < 4.78 is 35.5. The lowest BCUT2D eigenvalue weighted by atomic mass is 9.96. The fraction of sp³-hybridized carbons (Fsp3) is 0.357. The summed E-state index contributed by atoms with van der Waals surface area (Å²) >= 11 is 0. The molecule has 1 aromatic carbocycles. The average molecular weight is 311 g/mol.